The average Bonchev–Trinajstić information content (AvgIpc) is 1.96. The van der Waals surface area contributed by atoms with E-state index in [1.165, 1.54) is 16.6 Å². The van der Waals surface area contributed by atoms with Crippen molar-refractivity contribution in [2.24, 2.45) is 0 Å². The standard InChI is InChI=1S/C11H18BSi/c1-9-7-6-8-11(10(9)2)12-13(3,4)5/h6-8H,1-5H3. The molecule has 1 rings (SSSR count). The van der Waals surface area contributed by atoms with Crippen molar-refractivity contribution in [3.05, 3.63) is 29.3 Å². The highest BCUT2D eigenvalue weighted by molar-refractivity contribution is 7.27. The van der Waals surface area contributed by atoms with Gasteiger partial charge in [0.15, 0.2) is 0 Å². The van der Waals surface area contributed by atoms with E-state index in [9.17, 15) is 0 Å². The third-order valence-electron chi connectivity index (χ3n) is 2.24. The molecule has 0 aromatic heterocycles. The van der Waals surface area contributed by atoms with Gasteiger partial charge in [-0.15, -0.1) is 0 Å². The fourth-order valence-corrected chi connectivity index (χ4v) is 2.64. The lowest BCUT2D eigenvalue weighted by atomic mass is 9.87. The summed E-state index contributed by atoms with van der Waals surface area (Å²) in [5.41, 5.74) is 4.26. The van der Waals surface area contributed by atoms with Crippen molar-refractivity contribution in [2.45, 2.75) is 33.5 Å². The molecule has 1 aromatic carbocycles. The molecule has 0 unspecified atom stereocenters. The van der Waals surface area contributed by atoms with Crippen molar-refractivity contribution in [2.75, 3.05) is 0 Å². The van der Waals surface area contributed by atoms with Crippen LogP contribution in [0, 0.1) is 13.8 Å². The van der Waals surface area contributed by atoms with E-state index >= 15 is 0 Å². The second-order valence-corrected chi connectivity index (χ2v) is 9.82. The van der Waals surface area contributed by atoms with Gasteiger partial charge in [-0.3, -0.25) is 0 Å². The van der Waals surface area contributed by atoms with E-state index in [4.69, 9.17) is 0 Å². The number of benzene rings is 1. The molecule has 1 radical (unpaired) electrons. The summed E-state index contributed by atoms with van der Waals surface area (Å²) in [4.78, 5) is 0. The minimum Gasteiger partial charge on any atom is -0.0876 e. The maximum absolute atomic E-state index is 2.47. The summed E-state index contributed by atoms with van der Waals surface area (Å²) in [6.45, 7) is 14.0. The number of hydrogen-bond donors (Lipinski definition) is 0. The summed E-state index contributed by atoms with van der Waals surface area (Å²) in [5.74, 6) is 0. The van der Waals surface area contributed by atoms with Gasteiger partial charge >= 0.3 is 0 Å². The molecule has 0 aliphatic rings. The Morgan fingerprint density at radius 3 is 2.23 bits per heavy atom. The Kier molecular flexibility index (Phi) is 3.02. The average molecular weight is 189 g/mol. The molecule has 0 bridgehead atoms. The predicted molar refractivity (Wildman–Crippen MR) is 64.7 cm³/mol. The van der Waals surface area contributed by atoms with Gasteiger partial charge in [0.05, 0.1) is 0 Å². The molecule has 0 nitrogen and oxygen atoms in total. The molecule has 2 heteroatoms. The number of rotatable bonds is 2. The summed E-state index contributed by atoms with van der Waals surface area (Å²) in [7, 11) is -1.08. The fraction of sp³-hybridized carbons (Fsp3) is 0.455. The summed E-state index contributed by atoms with van der Waals surface area (Å²) >= 11 is 0. The van der Waals surface area contributed by atoms with Gasteiger partial charge < -0.3 is 0 Å². The lowest BCUT2D eigenvalue weighted by Crippen LogP contribution is -2.39. The molecule has 0 N–H and O–H groups in total. The number of aryl methyl sites for hydroxylation is 1. The predicted octanol–water partition coefficient (Wildman–Crippen LogP) is 2.47. The van der Waals surface area contributed by atoms with Gasteiger partial charge in [-0.05, 0) is 19.4 Å². The SMILES string of the molecule is Cc1cccc([B][Si](C)(C)C)c1C. The highest BCUT2D eigenvalue weighted by Gasteiger charge is 2.16. The first-order valence-electron chi connectivity index (χ1n) is 4.82. The van der Waals surface area contributed by atoms with E-state index in [0.717, 1.165) is 0 Å². The fourth-order valence-electron chi connectivity index (χ4n) is 1.40. The van der Waals surface area contributed by atoms with Crippen LogP contribution in [0.15, 0.2) is 18.2 Å². The van der Waals surface area contributed by atoms with Crippen molar-refractivity contribution < 1.29 is 0 Å². The zero-order valence-electron chi connectivity index (χ0n) is 9.31. The molecule has 13 heavy (non-hydrogen) atoms. The van der Waals surface area contributed by atoms with E-state index in [1.807, 2.05) is 0 Å². The highest BCUT2D eigenvalue weighted by Crippen LogP contribution is 2.05. The summed E-state index contributed by atoms with van der Waals surface area (Å²) < 4.78 is 0. The van der Waals surface area contributed by atoms with Crippen LogP contribution in [0.1, 0.15) is 11.1 Å². The van der Waals surface area contributed by atoms with Gasteiger partial charge in [0.2, 0.25) is 0 Å². The molecular weight excluding hydrogens is 171 g/mol. The van der Waals surface area contributed by atoms with E-state index in [0.29, 0.717) is 0 Å². The molecule has 0 heterocycles. The smallest absolute Gasteiger partial charge is 0.0876 e. The zero-order chi connectivity index (χ0) is 10.1. The van der Waals surface area contributed by atoms with E-state index in [1.54, 1.807) is 0 Å². The molecule has 69 valence electrons. The van der Waals surface area contributed by atoms with Gasteiger partial charge in [-0.2, -0.15) is 0 Å². The molecular formula is C11H18BSi. The van der Waals surface area contributed by atoms with Crippen molar-refractivity contribution in [1.29, 1.82) is 0 Å². The first-order chi connectivity index (χ1) is 5.90. The van der Waals surface area contributed by atoms with Crippen LogP contribution in [0.4, 0.5) is 0 Å². The van der Waals surface area contributed by atoms with Crippen LogP contribution in [0.25, 0.3) is 0 Å². The van der Waals surface area contributed by atoms with E-state index in [2.05, 4.69) is 58.6 Å². The van der Waals surface area contributed by atoms with Gasteiger partial charge in [-0.1, -0.05) is 48.9 Å². The topological polar surface area (TPSA) is 0 Å². The molecule has 0 aliphatic carbocycles. The monoisotopic (exact) mass is 189 g/mol. The molecule has 1 aromatic rings. The van der Waals surface area contributed by atoms with Crippen LogP contribution in [-0.4, -0.2) is 14.8 Å². The Hall–Kier alpha value is -0.498. The third-order valence-corrected chi connectivity index (χ3v) is 3.41. The van der Waals surface area contributed by atoms with Crippen LogP contribution >= 0.6 is 0 Å². The molecule has 0 fully saturated rings. The van der Waals surface area contributed by atoms with Gasteiger partial charge in [0, 0.05) is 7.94 Å². The third kappa shape index (κ3) is 3.03. The van der Waals surface area contributed by atoms with Crippen LogP contribution in [0.3, 0.4) is 0 Å². The Labute approximate surface area is 83.6 Å². The lowest BCUT2D eigenvalue weighted by molar-refractivity contribution is 1.37. The van der Waals surface area contributed by atoms with Crippen molar-refractivity contribution in [1.82, 2.24) is 0 Å². The molecule has 0 aliphatic heterocycles. The van der Waals surface area contributed by atoms with E-state index < -0.39 is 7.94 Å². The van der Waals surface area contributed by atoms with E-state index in [-0.39, 0.29) is 0 Å². The van der Waals surface area contributed by atoms with Crippen LogP contribution in [0.5, 0.6) is 0 Å². The summed E-state index contributed by atoms with van der Waals surface area (Å²) in [6.07, 6.45) is 0. The summed E-state index contributed by atoms with van der Waals surface area (Å²) in [5, 5.41) is 0. The maximum Gasteiger partial charge on any atom is 0.144 e. The molecule has 0 spiro atoms. The second kappa shape index (κ2) is 3.71. The largest absolute Gasteiger partial charge is 0.144 e. The molecule has 0 atom stereocenters. The Balaban J connectivity index is 2.96. The van der Waals surface area contributed by atoms with Crippen molar-refractivity contribution in [3.8, 4) is 0 Å². The Morgan fingerprint density at radius 2 is 1.69 bits per heavy atom. The van der Waals surface area contributed by atoms with Crippen LogP contribution < -0.4 is 5.46 Å². The molecule has 0 saturated carbocycles. The normalized spacial score (nSPS) is 11.5. The minimum atomic E-state index is -1.08. The van der Waals surface area contributed by atoms with Gasteiger partial charge in [-0.25, -0.2) is 0 Å². The van der Waals surface area contributed by atoms with Gasteiger partial charge in [0.25, 0.3) is 0 Å². The Morgan fingerprint density at radius 1 is 1.08 bits per heavy atom. The minimum absolute atomic E-state index is 1.08. The zero-order valence-corrected chi connectivity index (χ0v) is 10.3. The highest BCUT2D eigenvalue weighted by atomic mass is 28.3. The molecule has 0 amide bonds. The first-order valence-corrected chi connectivity index (χ1v) is 8.40. The molecule has 0 saturated heterocycles. The second-order valence-electron chi connectivity index (χ2n) is 4.80. The van der Waals surface area contributed by atoms with Crippen molar-refractivity contribution >= 4 is 20.3 Å². The van der Waals surface area contributed by atoms with Crippen LogP contribution in [-0.2, 0) is 0 Å². The Bertz CT molecular complexity index is 299. The maximum atomic E-state index is 2.47. The lowest BCUT2D eigenvalue weighted by Gasteiger charge is -2.17. The quantitative estimate of drug-likeness (QED) is 0.627. The van der Waals surface area contributed by atoms with Crippen LogP contribution in [0.2, 0.25) is 19.6 Å². The number of hydrogen-bond acceptors (Lipinski definition) is 0. The van der Waals surface area contributed by atoms with Crippen molar-refractivity contribution in [3.63, 3.8) is 0 Å². The first kappa shape index (κ1) is 10.6. The summed E-state index contributed by atoms with van der Waals surface area (Å²) in [6, 6.07) is 6.55. The van der Waals surface area contributed by atoms with Gasteiger partial charge in [0.1, 0.15) is 6.87 Å².